The van der Waals surface area contributed by atoms with Gasteiger partial charge < -0.3 is 10.1 Å². The molecule has 138 valence electrons. The summed E-state index contributed by atoms with van der Waals surface area (Å²) in [6.07, 6.45) is 3.80. The SMILES string of the molecule is C/C(=C\C(=O)NCCCOc1cccc2cccnc12)c1ccccc1F. The first-order valence-corrected chi connectivity index (χ1v) is 8.83. The summed E-state index contributed by atoms with van der Waals surface area (Å²) in [5.74, 6) is 0.147. The Morgan fingerprint density at radius 3 is 2.81 bits per heavy atom. The number of carbonyl (C=O) groups is 1. The Labute approximate surface area is 157 Å². The molecule has 0 aliphatic carbocycles. The van der Waals surface area contributed by atoms with Gasteiger partial charge >= 0.3 is 0 Å². The summed E-state index contributed by atoms with van der Waals surface area (Å²) in [7, 11) is 0. The van der Waals surface area contributed by atoms with Crippen molar-refractivity contribution in [3.05, 3.63) is 78.3 Å². The third-order valence-electron chi connectivity index (χ3n) is 4.12. The number of fused-ring (bicyclic) bond motifs is 1. The Morgan fingerprint density at radius 1 is 1.15 bits per heavy atom. The van der Waals surface area contributed by atoms with Crippen molar-refractivity contribution in [3.63, 3.8) is 0 Å². The summed E-state index contributed by atoms with van der Waals surface area (Å²) in [4.78, 5) is 16.3. The molecular formula is C22H21FN2O2. The van der Waals surface area contributed by atoms with Gasteiger partial charge in [-0.05, 0) is 37.1 Å². The lowest BCUT2D eigenvalue weighted by Gasteiger charge is -2.09. The third-order valence-corrected chi connectivity index (χ3v) is 4.12. The molecule has 0 saturated carbocycles. The summed E-state index contributed by atoms with van der Waals surface area (Å²) in [6.45, 7) is 2.65. The second-order valence-corrected chi connectivity index (χ2v) is 6.13. The van der Waals surface area contributed by atoms with Gasteiger partial charge in [-0.1, -0.05) is 36.4 Å². The van der Waals surface area contributed by atoms with Crippen molar-refractivity contribution in [1.29, 1.82) is 0 Å². The second kappa shape index (κ2) is 8.94. The fourth-order valence-corrected chi connectivity index (χ4v) is 2.77. The highest BCUT2D eigenvalue weighted by Crippen LogP contribution is 2.22. The van der Waals surface area contributed by atoms with E-state index in [2.05, 4.69) is 10.3 Å². The molecule has 0 radical (unpaired) electrons. The summed E-state index contributed by atoms with van der Waals surface area (Å²) < 4.78 is 19.5. The molecule has 0 spiro atoms. The van der Waals surface area contributed by atoms with Crippen molar-refractivity contribution in [3.8, 4) is 5.75 Å². The van der Waals surface area contributed by atoms with E-state index in [1.807, 2.05) is 30.3 Å². The minimum absolute atomic E-state index is 0.248. The number of amides is 1. The van der Waals surface area contributed by atoms with E-state index < -0.39 is 0 Å². The smallest absolute Gasteiger partial charge is 0.244 e. The predicted octanol–water partition coefficient (Wildman–Crippen LogP) is 4.36. The fraction of sp³-hybridized carbons (Fsp3) is 0.182. The van der Waals surface area contributed by atoms with Crippen LogP contribution in [0.3, 0.4) is 0 Å². The second-order valence-electron chi connectivity index (χ2n) is 6.13. The molecule has 1 heterocycles. The monoisotopic (exact) mass is 364 g/mol. The molecule has 3 aromatic rings. The van der Waals surface area contributed by atoms with E-state index in [0.717, 1.165) is 16.7 Å². The van der Waals surface area contributed by atoms with E-state index in [1.165, 1.54) is 12.1 Å². The molecule has 0 unspecified atom stereocenters. The molecule has 1 amide bonds. The lowest BCUT2D eigenvalue weighted by molar-refractivity contribution is -0.116. The molecule has 0 aliphatic rings. The van der Waals surface area contributed by atoms with E-state index in [1.54, 1.807) is 31.3 Å². The van der Waals surface area contributed by atoms with E-state index in [-0.39, 0.29) is 11.7 Å². The predicted molar refractivity (Wildman–Crippen MR) is 105 cm³/mol. The molecule has 27 heavy (non-hydrogen) atoms. The highest BCUT2D eigenvalue weighted by atomic mass is 19.1. The average Bonchev–Trinajstić information content (AvgIpc) is 2.68. The summed E-state index contributed by atoms with van der Waals surface area (Å²) in [6, 6.07) is 16.1. The molecule has 5 heteroatoms. The van der Waals surface area contributed by atoms with Crippen LogP contribution in [0.2, 0.25) is 0 Å². The number of para-hydroxylation sites is 1. The number of hydrogen-bond acceptors (Lipinski definition) is 3. The highest BCUT2D eigenvalue weighted by Gasteiger charge is 2.05. The Hall–Kier alpha value is -3.21. The van der Waals surface area contributed by atoms with Crippen LogP contribution in [-0.4, -0.2) is 24.0 Å². The van der Waals surface area contributed by atoms with E-state index in [9.17, 15) is 9.18 Å². The van der Waals surface area contributed by atoms with Crippen LogP contribution < -0.4 is 10.1 Å². The van der Waals surface area contributed by atoms with Gasteiger partial charge in [-0.15, -0.1) is 0 Å². The largest absolute Gasteiger partial charge is 0.491 e. The van der Waals surface area contributed by atoms with Crippen LogP contribution in [0.5, 0.6) is 5.75 Å². The Kier molecular flexibility index (Phi) is 6.15. The van der Waals surface area contributed by atoms with Crippen molar-refractivity contribution in [2.45, 2.75) is 13.3 Å². The van der Waals surface area contributed by atoms with Gasteiger partial charge in [0.1, 0.15) is 17.1 Å². The van der Waals surface area contributed by atoms with Gasteiger partial charge in [-0.25, -0.2) is 4.39 Å². The van der Waals surface area contributed by atoms with Gasteiger partial charge in [0.05, 0.1) is 6.61 Å². The molecular weight excluding hydrogens is 343 g/mol. The fourth-order valence-electron chi connectivity index (χ4n) is 2.77. The first-order valence-electron chi connectivity index (χ1n) is 8.83. The molecule has 2 aromatic carbocycles. The maximum atomic E-state index is 13.7. The molecule has 0 bridgehead atoms. The number of nitrogens with one attached hydrogen (secondary N) is 1. The Bertz CT molecular complexity index is 964. The first kappa shape index (κ1) is 18.6. The number of rotatable bonds is 7. The van der Waals surface area contributed by atoms with Crippen molar-refractivity contribution < 1.29 is 13.9 Å². The maximum absolute atomic E-state index is 13.7. The molecule has 4 nitrogen and oxygen atoms in total. The van der Waals surface area contributed by atoms with Crippen molar-refractivity contribution >= 4 is 22.4 Å². The van der Waals surface area contributed by atoms with Gasteiger partial charge in [0.25, 0.3) is 0 Å². The molecule has 1 N–H and O–H groups in total. The lowest BCUT2D eigenvalue weighted by atomic mass is 10.1. The van der Waals surface area contributed by atoms with Crippen LogP contribution in [0.25, 0.3) is 16.5 Å². The van der Waals surface area contributed by atoms with Crippen LogP contribution in [0.4, 0.5) is 4.39 Å². The maximum Gasteiger partial charge on any atom is 0.244 e. The number of allylic oxidation sites excluding steroid dienone is 1. The van der Waals surface area contributed by atoms with Crippen molar-refractivity contribution in [2.75, 3.05) is 13.2 Å². The van der Waals surface area contributed by atoms with Gasteiger partial charge in [0.2, 0.25) is 5.91 Å². The Morgan fingerprint density at radius 2 is 1.96 bits per heavy atom. The topological polar surface area (TPSA) is 51.2 Å². The lowest BCUT2D eigenvalue weighted by Crippen LogP contribution is -2.23. The highest BCUT2D eigenvalue weighted by molar-refractivity contribution is 5.94. The first-order chi connectivity index (χ1) is 13.1. The van der Waals surface area contributed by atoms with Crippen molar-refractivity contribution in [1.82, 2.24) is 10.3 Å². The zero-order valence-corrected chi connectivity index (χ0v) is 15.1. The number of ether oxygens (including phenoxy) is 1. The molecule has 0 atom stereocenters. The third kappa shape index (κ3) is 4.91. The Balaban J connectivity index is 1.47. The van der Waals surface area contributed by atoms with Crippen LogP contribution in [-0.2, 0) is 4.79 Å². The number of pyridine rings is 1. The minimum Gasteiger partial charge on any atom is -0.491 e. The summed E-state index contributed by atoms with van der Waals surface area (Å²) >= 11 is 0. The summed E-state index contributed by atoms with van der Waals surface area (Å²) in [5.41, 5.74) is 1.84. The number of hydrogen-bond donors (Lipinski definition) is 1. The average molecular weight is 364 g/mol. The minimum atomic E-state index is -0.337. The number of halogens is 1. The van der Waals surface area contributed by atoms with E-state index in [0.29, 0.717) is 30.7 Å². The van der Waals surface area contributed by atoms with E-state index >= 15 is 0 Å². The van der Waals surface area contributed by atoms with Gasteiger partial charge in [0, 0.05) is 29.8 Å². The summed E-state index contributed by atoms with van der Waals surface area (Å²) in [5, 5.41) is 3.82. The van der Waals surface area contributed by atoms with Crippen LogP contribution in [0, 0.1) is 5.82 Å². The number of nitrogens with zero attached hydrogens (tertiary/aromatic N) is 1. The zero-order valence-electron chi connectivity index (χ0n) is 15.1. The van der Waals surface area contributed by atoms with Crippen LogP contribution in [0.15, 0.2) is 66.9 Å². The number of carbonyl (C=O) groups excluding carboxylic acids is 1. The quantitative estimate of drug-likeness (QED) is 0.500. The molecule has 0 fully saturated rings. The number of aromatic nitrogens is 1. The van der Waals surface area contributed by atoms with Crippen LogP contribution in [0.1, 0.15) is 18.9 Å². The van der Waals surface area contributed by atoms with Crippen LogP contribution >= 0.6 is 0 Å². The normalized spacial score (nSPS) is 11.4. The molecule has 3 rings (SSSR count). The molecule has 0 saturated heterocycles. The van der Waals surface area contributed by atoms with E-state index in [4.69, 9.17) is 4.74 Å². The van der Waals surface area contributed by atoms with Crippen molar-refractivity contribution in [2.24, 2.45) is 0 Å². The zero-order chi connectivity index (χ0) is 19.1. The van der Waals surface area contributed by atoms with Gasteiger partial charge in [-0.2, -0.15) is 0 Å². The standard InChI is InChI=1S/C22H21FN2O2/c1-16(18-9-2-3-10-19(18)23)15-21(26)24-13-6-14-27-20-11-4-7-17-8-5-12-25-22(17)20/h2-5,7-12,15H,6,13-14H2,1H3,(H,24,26)/b16-15+. The van der Waals surface area contributed by atoms with Gasteiger partial charge in [0.15, 0.2) is 0 Å². The molecule has 1 aromatic heterocycles. The number of benzene rings is 2. The molecule has 0 aliphatic heterocycles. The van der Waals surface area contributed by atoms with Gasteiger partial charge in [-0.3, -0.25) is 9.78 Å².